The maximum Gasteiger partial charge on any atom is 0.407 e. The minimum atomic E-state index is -1.13. The molecule has 0 spiro atoms. The van der Waals surface area contributed by atoms with Gasteiger partial charge in [-0.1, -0.05) is 6.07 Å². The molecule has 1 saturated carbocycles. The molecule has 0 unspecified atom stereocenters. The number of amides is 3. The van der Waals surface area contributed by atoms with Crippen LogP contribution in [-0.2, 0) is 14.3 Å². The second-order valence-corrected chi connectivity index (χ2v) is 13.3. The molecule has 2 aliphatic rings. The highest BCUT2D eigenvalue weighted by Gasteiger charge is 2.56. The molecule has 1 aliphatic carbocycles. The second kappa shape index (κ2) is 13.4. The molecular formula is C37H41N5O6. The zero-order valence-electron chi connectivity index (χ0n) is 27.7. The molecule has 3 N–H and O–H groups in total. The lowest BCUT2D eigenvalue weighted by molar-refractivity contribution is -0.131. The molecule has 3 aromatic carbocycles. The summed E-state index contributed by atoms with van der Waals surface area (Å²) < 4.78 is 16.8. The van der Waals surface area contributed by atoms with Crippen LogP contribution in [0.25, 0.3) is 10.9 Å². The number of hydrogen-bond donors (Lipinski definition) is 3. The van der Waals surface area contributed by atoms with Crippen LogP contribution in [0.15, 0.2) is 79.0 Å². The molecule has 2 heterocycles. The average Bonchev–Trinajstić information content (AvgIpc) is 3.87. The number of fused-ring (bicyclic) bond motifs is 1. The van der Waals surface area contributed by atoms with E-state index in [1.807, 2.05) is 63.2 Å². The normalized spacial score (nSPS) is 15.7. The summed E-state index contributed by atoms with van der Waals surface area (Å²) in [5.41, 5.74) is 1.28. The molecule has 2 fully saturated rings. The maximum atomic E-state index is 13.4. The van der Waals surface area contributed by atoms with Crippen LogP contribution in [0.1, 0.15) is 46.5 Å². The van der Waals surface area contributed by atoms with Crippen LogP contribution in [0.3, 0.4) is 0 Å². The van der Waals surface area contributed by atoms with E-state index in [0.29, 0.717) is 41.5 Å². The van der Waals surface area contributed by atoms with Gasteiger partial charge in [0.2, 0.25) is 11.8 Å². The molecule has 0 bridgehead atoms. The lowest BCUT2D eigenvalue weighted by atomic mass is 10.0. The largest absolute Gasteiger partial charge is 0.497 e. The zero-order chi connectivity index (χ0) is 33.9. The zero-order valence-corrected chi connectivity index (χ0v) is 27.7. The van der Waals surface area contributed by atoms with E-state index in [9.17, 15) is 14.4 Å². The predicted molar refractivity (Wildman–Crippen MR) is 185 cm³/mol. The molecule has 1 aromatic heterocycles. The van der Waals surface area contributed by atoms with E-state index < -0.39 is 11.0 Å². The van der Waals surface area contributed by atoms with Gasteiger partial charge in [0.15, 0.2) is 0 Å². The Bertz CT molecular complexity index is 1810. The number of benzene rings is 3. The molecule has 4 aromatic rings. The average molecular weight is 652 g/mol. The molecule has 250 valence electrons. The van der Waals surface area contributed by atoms with Crippen molar-refractivity contribution in [2.45, 2.75) is 58.1 Å². The van der Waals surface area contributed by atoms with E-state index in [1.54, 1.807) is 43.6 Å². The standard InChI is InChI=1S/C37H41N5O6/c1-36(2,3)48-35(45)41-25-15-20-42(21-16-25)27-10-8-24(9-11-27)39-33(43)37(17-18-37)34(44)40-26-6-5-7-29(22-26)47-32-14-19-38-31-23-28(46-4)12-13-30(31)32/h5-14,19,22-23,25H,15-18,20-21H2,1-4H3,(H,39,43)(H,40,44)(H,41,45). The Morgan fingerprint density at radius 1 is 0.854 bits per heavy atom. The van der Waals surface area contributed by atoms with Gasteiger partial charge in [-0.3, -0.25) is 14.6 Å². The number of anilines is 3. The van der Waals surface area contributed by atoms with Crippen LogP contribution in [0.4, 0.5) is 21.9 Å². The molecule has 11 heteroatoms. The molecule has 6 rings (SSSR count). The number of alkyl carbamates (subject to hydrolysis) is 1. The van der Waals surface area contributed by atoms with E-state index >= 15 is 0 Å². The Balaban J connectivity index is 1.02. The Labute approximate surface area is 280 Å². The van der Waals surface area contributed by atoms with Crippen molar-refractivity contribution in [3.05, 3.63) is 79.0 Å². The summed E-state index contributed by atoms with van der Waals surface area (Å²) in [7, 11) is 1.61. The van der Waals surface area contributed by atoms with Crippen LogP contribution >= 0.6 is 0 Å². The number of carbonyl (C=O) groups is 3. The van der Waals surface area contributed by atoms with Crippen LogP contribution in [-0.4, -0.2) is 54.7 Å². The van der Waals surface area contributed by atoms with Crippen molar-refractivity contribution in [3.8, 4) is 17.2 Å². The molecule has 48 heavy (non-hydrogen) atoms. The predicted octanol–water partition coefficient (Wildman–Crippen LogP) is 6.89. The van der Waals surface area contributed by atoms with Gasteiger partial charge in [-0.05, 0) is 101 Å². The summed E-state index contributed by atoms with van der Waals surface area (Å²) >= 11 is 0. The van der Waals surface area contributed by atoms with E-state index in [4.69, 9.17) is 14.2 Å². The van der Waals surface area contributed by atoms with Gasteiger partial charge in [-0.25, -0.2) is 4.79 Å². The third-order valence-electron chi connectivity index (χ3n) is 8.56. The van der Waals surface area contributed by atoms with Crippen LogP contribution in [0.5, 0.6) is 17.2 Å². The molecule has 3 amide bonds. The van der Waals surface area contributed by atoms with Crippen molar-refractivity contribution in [1.82, 2.24) is 10.3 Å². The summed E-state index contributed by atoms with van der Waals surface area (Å²) in [4.78, 5) is 45.5. The van der Waals surface area contributed by atoms with Crippen molar-refractivity contribution >= 4 is 45.9 Å². The number of ether oxygens (including phenoxy) is 3. The lowest BCUT2D eigenvalue weighted by Gasteiger charge is -2.34. The van der Waals surface area contributed by atoms with Gasteiger partial charge in [0.05, 0.1) is 12.6 Å². The number of rotatable bonds is 9. The smallest absolute Gasteiger partial charge is 0.407 e. The number of piperidine rings is 1. The van der Waals surface area contributed by atoms with Crippen LogP contribution < -0.4 is 30.3 Å². The van der Waals surface area contributed by atoms with Gasteiger partial charge in [0, 0.05) is 59.9 Å². The van der Waals surface area contributed by atoms with E-state index in [1.165, 1.54) is 0 Å². The van der Waals surface area contributed by atoms with Gasteiger partial charge in [0.1, 0.15) is 28.3 Å². The van der Waals surface area contributed by atoms with E-state index in [0.717, 1.165) is 42.5 Å². The quantitative estimate of drug-likeness (QED) is 0.167. The second-order valence-electron chi connectivity index (χ2n) is 13.3. The number of hydrogen-bond acceptors (Lipinski definition) is 8. The molecule has 0 radical (unpaired) electrons. The van der Waals surface area contributed by atoms with E-state index in [2.05, 4.69) is 25.8 Å². The fourth-order valence-electron chi connectivity index (χ4n) is 5.78. The summed E-state index contributed by atoms with van der Waals surface area (Å²) in [6.07, 6.45) is 3.83. The fourth-order valence-corrected chi connectivity index (χ4v) is 5.78. The molecular weight excluding hydrogens is 610 g/mol. The highest BCUT2D eigenvalue weighted by molar-refractivity contribution is 6.17. The van der Waals surface area contributed by atoms with E-state index in [-0.39, 0.29) is 23.9 Å². The highest BCUT2D eigenvalue weighted by Crippen LogP contribution is 2.47. The third kappa shape index (κ3) is 7.62. The van der Waals surface area contributed by atoms with Crippen molar-refractivity contribution < 1.29 is 28.6 Å². The third-order valence-corrected chi connectivity index (χ3v) is 8.56. The minimum Gasteiger partial charge on any atom is -0.497 e. The SMILES string of the molecule is COc1ccc2c(Oc3cccc(NC(=O)C4(C(=O)Nc5ccc(N6CCC(NC(=O)OC(C)(C)C)CC6)cc5)CC4)c3)ccnc2c1. The number of methoxy groups -OCH3 is 1. The topological polar surface area (TPSA) is 131 Å². The first-order valence-electron chi connectivity index (χ1n) is 16.2. The first kappa shape index (κ1) is 32.6. The van der Waals surface area contributed by atoms with Crippen molar-refractivity contribution in [3.63, 3.8) is 0 Å². The number of pyridine rings is 1. The Hall–Kier alpha value is -5.32. The van der Waals surface area contributed by atoms with Gasteiger partial charge >= 0.3 is 6.09 Å². The fraction of sp³-hybridized carbons (Fsp3) is 0.351. The number of nitrogens with zero attached hydrogens (tertiary/aromatic N) is 2. The monoisotopic (exact) mass is 651 g/mol. The summed E-state index contributed by atoms with van der Waals surface area (Å²) in [5.74, 6) is 1.18. The maximum absolute atomic E-state index is 13.4. The molecule has 1 aliphatic heterocycles. The number of nitrogens with one attached hydrogen (secondary N) is 3. The molecule has 11 nitrogen and oxygen atoms in total. The molecule has 1 saturated heterocycles. The Kier molecular flexibility index (Phi) is 9.12. The molecule has 0 atom stereocenters. The highest BCUT2D eigenvalue weighted by atomic mass is 16.6. The summed E-state index contributed by atoms with van der Waals surface area (Å²) in [5, 5.41) is 9.65. The van der Waals surface area contributed by atoms with Gasteiger partial charge in [0.25, 0.3) is 0 Å². The number of aromatic nitrogens is 1. The van der Waals surface area contributed by atoms with Gasteiger partial charge in [-0.2, -0.15) is 0 Å². The summed E-state index contributed by atoms with van der Waals surface area (Å²) in [6, 6.07) is 22.2. The van der Waals surface area contributed by atoms with Gasteiger partial charge in [-0.15, -0.1) is 0 Å². The first-order chi connectivity index (χ1) is 23.0. The Morgan fingerprint density at radius 3 is 2.23 bits per heavy atom. The van der Waals surface area contributed by atoms with Crippen molar-refractivity contribution in [2.75, 3.05) is 35.7 Å². The van der Waals surface area contributed by atoms with Gasteiger partial charge < -0.3 is 35.1 Å². The van der Waals surface area contributed by atoms with Crippen LogP contribution in [0.2, 0.25) is 0 Å². The van der Waals surface area contributed by atoms with Crippen LogP contribution in [0, 0.1) is 5.41 Å². The number of carbonyl (C=O) groups excluding carboxylic acids is 3. The summed E-state index contributed by atoms with van der Waals surface area (Å²) in [6.45, 7) is 7.12. The minimum absolute atomic E-state index is 0.0670. The Morgan fingerprint density at radius 2 is 1.56 bits per heavy atom. The van der Waals surface area contributed by atoms with Crippen molar-refractivity contribution in [2.24, 2.45) is 5.41 Å². The first-order valence-corrected chi connectivity index (χ1v) is 16.2. The lowest BCUT2D eigenvalue weighted by Crippen LogP contribution is -2.46. The van der Waals surface area contributed by atoms with Crippen molar-refractivity contribution in [1.29, 1.82) is 0 Å².